The molecule has 166 valence electrons. The summed E-state index contributed by atoms with van der Waals surface area (Å²) in [5, 5.41) is 0. The zero-order valence-electron chi connectivity index (χ0n) is 18.3. The van der Waals surface area contributed by atoms with Gasteiger partial charge in [0.15, 0.2) is 11.5 Å². The first-order chi connectivity index (χ1) is 15.2. The molecule has 2 aliphatic rings. The number of carbonyl (C=O) groups excluding carboxylic acids is 1. The first kappa shape index (κ1) is 21.5. The fraction of sp³-hybridized carbons (Fsp3) is 0.480. The fourth-order valence-electron chi connectivity index (χ4n) is 4.37. The van der Waals surface area contributed by atoms with Crippen molar-refractivity contribution in [2.75, 3.05) is 38.2 Å². The van der Waals surface area contributed by atoms with Crippen molar-refractivity contribution < 1.29 is 14.3 Å². The van der Waals surface area contributed by atoms with Crippen molar-refractivity contribution in [3.05, 3.63) is 54.1 Å². The van der Waals surface area contributed by atoms with Gasteiger partial charge in [0.25, 0.3) is 0 Å². The van der Waals surface area contributed by atoms with Crippen molar-refractivity contribution in [2.24, 2.45) is 5.73 Å². The van der Waals surface area contributed by atoms with Crippen LogP contribution in [0.1, 0.15) is 31.2 Å². The van der Waals surface area contributed by atoms with E-state index in [4.69, 9.17) is 15.2 Å². The molecule has 6 nitrogen and oxygen atoms in total. The summed E-state index contributed by atoms with van der Waals surface area (Å²) in [6.45, 7) is 2.65. The molecule has 1 aliphatic heterocycles. The minimum absolute atomic E-state index is 0.105. The fourth-order valence-corrected chi connectivity index (χ4v) is 4.37. The van der Waals surface area contributed by atoms with E-state index in [1.807, 2.05) is 17.0 Å². The molecule has 0 unspecified atom stereocenters. The molecule has 31 heavy (non-hydrogen) atoms. The molecule has 1 saturated heterocycles. The van der Waals surface area contributed by atoms with Gasteiger partial charge in [-0.2, -0.15) is 0 Å². The van der Waals surface area contributed by atoms with E-state index in [9.17, 15) is 4.79 Å². The summed E-state index contributed by atoms with van der Waals surface area (Å²) in [5.74, 6) is 1.73. The molecule has 2 aromatic rings. The zero-order chi connectivity index (χ0) is 21.6. The summed E-state index contributed by atoms with van der Waals surface area (Å²) in [7, 11) is 1.68. The quantitative estimate of drug-likeness (QED) is 0.706. The Morgan fingerprint density at radius 3 is 2.58 bits per heavy atom. The van der Waals surface area contributed by atoms with Crippen LogP contribution in [-0.4, -0.2) is 56.2 Å². The number of hydrogen-bond donors (Lipinski definition) is 1. The van der Waals surface area contributed by atoms with Crippen LogP contribution in [0.3, 0.4) is 0 Å². The van der Waals surface area contributed by atoms with Gasteiger partial charge in [-0.1, -0.05) is 30.3 Å². The molecule has 2 N–H and O–H groups in total. The van der Waals surface area contributed by atoms with Crippen LogP contribution in [-0.2, 0) is 11.2 Å². The molecule has 0 bridgehead atoms. The minimum Gasteiger partial charge on any atom is -0.493 e. The van der Waals surface area contributed by atoms with Crippen molar-refractivity contribution >= 4 is 11.6 Å². The summed E-state index contributed by atoms with van der Waals surface area (Å²) in [4.78, 5) is 17.1. The molecule has 0 aromatic heterocycles. The van der Waals surface area contributed by atoms with Gasteiger partial charge in [-0.15, -0.1) is 0 Å². The second-order valence-electron chi connectivity index (χ2n) is 8.42. The molecule has 0 radical (unpaired) electrons. The highest BCUT2D eigenvalue weighted by Gasteiger charge is 2.31. The maximum Gasteiger partial charge on any atom is 0.224 e. The number of piperazine rings is 1. The largest absolute Gasteiger partial charge is 0.493 e. The number of nitrogens with two attached hydrogens (primary N) is 1. The second kappa shape index (κ2) is 10.1. The number of benzene rings is 2. The molecule has 1 atom stereocenters. The number of anilines is 1. The Kier molecular flexibility index (Phi) is 6.97. The number of ether oxygens (including phenoxy) is 2. The smallest absolute Gasteiger partial charge is 0.224 e. The van der Waals surface area contributed by atoms with Gasteiger partial charge in [0, 0.05) is 44.4 Å². The highest BCUT2D eigenvalue weighted by Crippen LogP contribution is 2.36. The van der Waals surface area contributed by atoms with Crippen molar-refractivity contribution in [1.29, 1.82) is 0 Å². The van der Waals surface area contributed by atoms with Crippen LogP contribution >= 0.6 is 0 Å². The normalized spacial score (nSPS) is 19.1. The van der Waals surface area contributed by atoms with Crippen LogP contribution in [0.5, 0.6) is 11.5 Å². The lowest BCUT2D eigenvalue weighted by Gasteiger charge is -2.43. The number of rotatable bonds is 8. The van der Waals surface area contributed by atoms with E-state index in [0.29, 0.717) is 25.6 Å². The number of amides is 1. The summed E-state index contributed by atoms with van der Waals surface area (Å²) in [6, 6.07) is 16.7. The Labute approximate surface area is 184 Å². The second-order valence-corrected chi connectivity index (χ2v) is 8.42. The lowest BCUT2D eigenvalue weighted by Crippen LogP contribution is -2.56. The Balaban J connectivity index is 1.53. The first-order valence-corrected chi connectivity index (χ1v) is 11.3. The number of methoxy groups -OCH3 is 1. The number of hydrogen-bond acceptors (Lipinski definition) is 5. The van der Waals surface area contributed by atoms with Gasteiger partial charge in [0.05, 0.1) is 19.3 Å². The highest BCUT2D eigenvalue weighted by molar-refractivity contribution is 5.77. The van der Waals surface area contributed by atoms with Gasteiger partial charge in [-0.3, -0.25) is 4.79 Å². The van der Waals surface area contributed by atoms with Gasteiger partial charge in [0.2, 0.25) is 5.91 Å². The number of nitrogens with zero attached hydrogens (tertiary/aromatic N) is 2. The Bertz CT molecular complexity index is 870. The highest BCUT2D eigenvalue weighted by atomic mass is 16.5. The third-order valence-electron chi connectivity index (χ3n) is 6.33. The maximum atomic E-state index is 12.7. The molecule has 1 heterocycles. The van der Waals surface area contributed by atoms with Crippen LogP contribution < -0.4 is 20.1 Å². The minimum atomic E-state index is 0.105. The lowest BCUT2D eigenvalue weighted by atomic mass is 9.96. The van der Waals surface area contributed by atoms with E-state index in [2.05, 4.69) is 41.3 Å². The standard InChI is InChI=1S/C25H33N3O3/c1-30-23-11-10-20(17-24(23)31-22-8-5-9-22)27-14-15-28(25(29)12-13-26)21(18-27)16-19-6-3-2-4-7-19/h2-4,6-7,10-11,17,21-22H,5,8-9,12-16,18,26H2,1H3/t21-/m0/s1. The topological polar surface area (TPSA) is 68.0 Å². The SMILES string of the molecule is COc1ccc(N2CCN(C(=O)CCN)[C@@H](Cc3ccccc3)C2)cc1OC1CCC1. The van der Waals surface area contributed by atoms with Crippen LogP contribution in [0, 0.1) is 0 Å². The third kappa shape index (κ3) is 5.13. The number of carbonyl (C=O) groups is 1. The van der Waals surface area contributed by atoms with Gasteiger partial charge >= 0.3 is 0 Å². The molecule has 6 heteroatoms. The molecule has 1 amide bonds. The van der Waals surface area contributed by atoms with E-state index in [0.717, 1.165) is 49.5 Å². The molecule has 4 rings (SSSR count). The summed E-state index contributed by atoms with van der Waals surface area (Å²) < 4.78 is 11.7. The molecule has 1 saturated carbocycles. The first-order valence-electron chi connectivity index (χ1n) is 11.3. The maximum absolute atomic E-state index is 12.7. The van der Waals surface area contributed by atoms with Gasteiger partial charge in [-0.05, 0) is 43.4 Å². The van der Waals surface area contributed by atoms with Crippen LogP contribution in [0.25, 0.3) is 0 Å². The van der Waals surface area contributed by atoms with E-state index >= 15 is 0 Å². The summed E-state index contributed by atoms with van der Waals surface area (Å²) in [5.41, 5.74) is 8.02. The predicted molar refractivity (Wildman–Crippen MR) is 123 cm³/mol. The average Bonchev–Trinajstić information content (AvgIpc) is 2.77. The molecular weight excluding hydrogens is 390 g/mol. The Morgan fingerprint density at radius 1 is 1.10 bits per heavy atom. The molecule has 2 fully saturated rings. The van der Waals surface area contributed by atoms with Gasteiger partial charge in [0.1, 0.15) is 0 Å². The van der Waals surface area contributed by atoms with E-state index in [-0.39, 0.29) is 11.9 Å². The van der Waals surface area contributed by atoms with Crippen molar-refractivity contribution in [1.82, 2.24) is 4.90 Å². The van der Waals surface area contributed by atoms with Gasteiger partial charge in [-0.25, -0.2) is 0 Å². The predicted octanol–water partition coefficient (Wildman–Crippen LogP) is 3.24. The van der Waals surface area contributed by atoms with Crippen LogP contribution in [0.4, 0.5) is 5.69 Å². The molecule has 0 spiro atoms. The van der Waals surface area contributed by atoms with E-state index in [1.165, 1.54) is 12.0 Å². The third-order valence-corrected chi connectivity index (χ3v) is 6.33. The zero-order valence-corrected chi connectivity index (χ0v) is 18.3. The Hall–Kier alpha value is -2.73. The van der Waals surface area contributed by atoms with Crippen molar-refractivity contribution in [3.63, 3.8) is 0 Å². The summed E-state index contributed by atoms with van der Waals surface area (Å²) >= 11 is 0. The molecule has 1 aliphatic carbocycles. The van der Waals surface area contributed by atoms with Crippen LogP contribution in [0.2, 0.25) is 0 Å². The van der Waals surface area contributed by atoms with Crippen LogP contribution in [0.15, 0.2) is 48.5 Å². The molecule has 2 aromatic carbocycles. The van der Waals surface area contributed by atoms with Crippen molar-refractivity contribution in [3.8, 4) is 11.5 Å². The van der Waals surface area contributed by atoms with E-state index < -0.39 is 0 Å². The Morgan fingerprint density at radius 2 is 1.90 bits per heavy atom. The monoisotopic (exact) mass is 423 g/mol. The van der Waals surface area contributed by atoms with Gasteiger partial charge < -0.3 is 25.0 Å². The van der Waals surface area contributed by atoms with Crippen molar-refractivity contribution in [2.45, 2.75) is 44.2 Å². The lowest BCUT2D eigenvalue weighted by molar-refractivity contribution is -0.133. The summed E-state index contributed by atoms with van der Waals surface area (Å²) in [6.07, 6.45) is 4.96. The average molecular weight is 424 g/mol. The van der Waals surface area contributed by atoms with E-state index in [1.54, 1.807) is 7.11 Å². The molecular formula is C25H33N3O3.